The molecule has 0 radical (unpaired) electrons. The van der Waals surface area contributed by atoms with Crippen molar-refractivity contribution in [2.45, 2.75) is 0 Å². The third-order valence-electron chi connectivity index (χ3n) is 3.09. The van der Waals surface area contributed by atoms with Gasteiger partial charge < -0.3 is 10.5 Å². The highest BCUT2D eigenvalue weighted by Gasteiger charge is 2.10. The maximum Gasteiger partial charge on any atom is 0.165 e. The van der Waals surface area contributed by atoms with E-state index in [1.807, 2.05) is 36.4 Å². The number of nitrogens with two attached hydrogens (primary N) is 1. The second-order valence-electron chi connectivity index (χ2n) is 4.49. The average molecular weight is 278 g/mol. The van der Waals surface area contributed by atoms with E-state index in [1.54, 1.807) is 24.3 Å². The fraction of sp³-hybridized carbons (Fsp3) is 0. The molecule has 3 aromatic rings. The third kappa shape index (κ3) is 2.68. The molecule has 0 aliphatic rings. The van der Waals surface area contributed by atoms with Crippen molar-refractivity contribution in [3.05, 3.63) is 60.7 Å². The average Bonchev–Trinajstić information content (AvgIpc) is 2.55. The van der Waals surface area contributed by atoms with E-state index >= 15 is 0 Å². The summed E-state index contributed by atoms with van der Waals surface area (Å²) in [5, 5.41) is 9.96. The van der Waals surface area contributed by atoms with Crippen LogP contribution >= 0.6 is 0 Å². The maximum atomic E-state index is 9.96. The van der Waals surface area contributed by atoms with E-state index in [0.717, 1.165) is 11.3 Å². The van der Waals surface area contributed by atoms with Gasteiger partial charge >= 0.3 is 0 Å². The van der Waals surface area contributed by atoms with E-state index < -0.39 is 0 Å². The van der Waals surface area contributed by atoms with E-state index in [4.69, 9.17) is 5.84 Å². The van der Waals surface area contributed by atoms with Crippen molar-refractivity contribution in [1.29, 1.82) is 0 Å². The van der Waals surface area contributed by atoms with Gasteiger partial charge in [-0.05, 0) is 12.1 Å². The van der Waals surface area contributed by atoms with E-state index in [1.165, 1.54) is 0 Å². The first-order valence-corrected chi connectivity index (χ1v) is 6.47. The molecule has 1 heterocycles. The highest BCUT2D eigenvalue weighted by molar-refractivity contribution is 5.70. The Balaban J connectivity index is 2.17. The maximum absolute atomic E-state index is 9.96. The molecule has 0 amide bonds. The highest BCUT2D eigenvalue weighted by atomic mass is 16.3. The molecule has 104 valence electrons. The first kappa shape index (κ1) is 13.1. The number of para-hydroxylation sites is 1. The number of benzene rings is 2. The van der Waals surface area contributed by atoms with Crippen molar-refractivity contribution >= 4 is 5.82 Å². The van der Waals surface area contributed by atoms with Crippen LogP contribution in [0.4, 0.5) is 5.82 Å². The lowest BCUT2D eigenvalue weighted by Gasteiger charge is -2.09. The molecule has 3 rings (SSSR count). The number of hydrogen-bond donors (Lipinski definition) is 3. The lowest BCUT2D eigenvalue weighted by molar-refractivity contribution is 0.477. The number of hydrogen-bond acceptors (Lipinski definition) is 5. The number of nitrogens with zero attached hydrogens (tertiary/aromatic N) is 2. The number of hydrazine groups is 1. The monoisotopic (exact) mass is 278 g/mol. The van der Waals surface area contributed by atoms with Crippen molar-refractivity contribution in [2.75, 3.05) is 5.43 Å². The summed E-state index contributed by atoms with van der Waals surface area (Å²) in [6.45, 7) is 0. The van der Waals surface area contributed by atoms with Crippen LogP contribution in [0.5, 0.6) is 5.75 Å². The van der Waals surface area contributed by atoms with Gasteiger partial charge in [0.15, 0.2) is 5.82 Å². The van der Waals surface area contributed by atoms with Crippen molar-refractivity contribution < 1.29 is 5.11 Å². The number of aromatic hydroxyl groups is 1. The van der Waals surface area contributed by atoms with Crippen molar-refractivity contribution in [1.82, 2.24) is 9.97 Å². The number of nitrogen functional groups attached to an aromatic ring is 1. The van der Waals surface area contributed by atoms with E-state index in [2.05, 4.69) is 15.4 Å². The molecule has 5 heteroatoms. The molecular weight excluding hydrogens is 264 g/mol. The van der Waals surface area contributed by atoms with Crippen molar-refractivity contribution in [3.63, 3.8) is 0 Å². The molecule has 0 unspecified atom stereocenters. The molecule has 4 N–H and O–H groups in total. The molecule has 0 bridgehead atoms. The Morgan fingerprint density at radius 3 is 2.33 bits per heavy atom. The number of rotatable bonds is 3. The first-order valence-electron chi connectivity index (χ1n) is 6.47. The SMILES string of the molecule is NNc1cc(-c2ccccc2)nc(-c2ccccc2O)n1. The fourth-order valence-electron chi connectivity index (χ4n) is 2.06. The van der Waals surface area contributed by atoms with E-state index in [0.29, 0.717) is 17.2 Å². The Hall–Kier alpha value is -2.92. The minimum Gasteiger partial charge on any atom is -0.507 e. The second kappa shape index (κ2) is 5.60. The Bertz CT molecular complexity index is 759. The zero-order chi connectivity index (χ0) is 14.7. The minimum atomic E-state index is 0.130. The third-order valence-corrected chi connectivity index (χ3v) is 3.09. The Labute approximate surface area is 122 Å². The summed E-state index contributed by atoms with van der Waals surface area (Å²) in [5.74, 6) is 6.52. The summed E-state index contributed by atoms with van der Waals surface area (Å²) in [7, 11) is 0. The largest absolute Gasteiger partial charge is 0.507 e. The zero-order valence-electron chi connectivity index (χ0n) is 11.2. The summed E-state index contributed by atoms with van der Waals surface area (Å²) in [4.78, 5) is 8.82. The summed E-state index contributed by atoms with van der Waals surface area (Å²) in [5.41, 5.74) is 4.78. The van der Waals surface area contributed by atoms with Crippen LogP contribution in [-0.4, -0.2) is 15.1 Å². The standard InChI is InChI=1S/C16H14N4O/c17-20-15-10-13(11-6-2-1-3-7-11)18-16(19-15)12-8-4-5-9-14(12)21/h1-10,21H,17H2,(H,18,19,20). The van der Waals surface area contributed by atoms with Gasteiger partial charge in [0, 0.05) is 11.6 Å². The van der Waals surface area contributed by atoms with Crippen LogP contribution in [0.25, 0.3) is 22.6 Å². The van der Waals surface area contributed by atoms with Gasteiger partial charge in [-0.2, -0.15) is 0 Å². The number of phenolic OH excluding ortho intramolecular Hbond substituents is 1. The van der Waals surface area contributed by atoms with E-state index in [9.17, 15) is 5.11 Å². The summed E-state index contributed by atoms with van der Waals surface area (Å²) < 4.78 is 0. The van der Waals surface area contributed by atoms with Crippen LogP contribution in [0.2, 0.25) is 0 Å². The normalized spacial score (nSPS) is 10.3. The molecule has 0 saturated heterocycles. The Kier molecular flexibility index (Phi) is 3.49. The van der Waals surface area contributed by atoms with Gasteiger partial charge in [0.2, 0.25) is 0 Å². The van der Waals surface area contributed by atoms with Gasteiger partial charge in [-0.1, -0.05) is 42.5 Å². The summed E-state index contributed by atoms with van der Waals surface area (Å²) in [6.07, 6.45) is 0. The molecule has 21 heavy (non-hydrogen) atoms. The van der Waals surface area contributed by atoms with Crippen LogP contribution in [-0.2, 0) is 0 Å². The van der Waals surface area contributed by atoms with E-state index in [-0.39, 0.29) is 5.75 Å². The van der Waals surface area contributed by atoms with Gasteiger partial charge in [0.25, 0.3) is 0 Å². The smallest absolute Gasteiger partial charge is 0.165 e. The van der Waals surface area contributed by atoms with Gasteiger partial charge in [-0.15, -0.1) is 0 Å². The minimum absolute atomic E-state index is 0.130. The van der Waals surface area contributed by atoms with Crippen molar-refractivity contribution in [3.8, 4) is 28.4 Å². The molecule has 0 aliphatic heterocycles. The van der Waals surface area contributed by atoms with Gasteiger partial charge in [0.05, 0.1) is 11.3 Å². The Morgan fingerprint density at radius 1 is 0.905 bits per heavy atom. The van der Waals surface area contributed by atoms with Gasteiger partial charge in [-0.25, -0.2) is 15.8 Å². The number of aromatic nitrogens is 2. The van der Waals surface area contributed by atoms with Crippen LogP contribution in [0.15, 0.2) is 60.7 Å². The van der Waals surface area contributed by atoms with Crippen LogP contribution < -0.4 is 11.3 Å². The first-order chi connectivity index (χ1) is 10.3. The number of anilines is 1. The fourth-order valence-corrected chi connectivity index (χ4v) is 2.06. The lowest BCUT2D eigenvalue weighted by Crippen LogP contribution is -2.10. The highest BCUT2D eigenvalue weighted by Crippen LogP contribution is 2.29. The number of nitrogens with one attached hydrogen (secondary N) is 1. The van der Waals surface area contributed by atoms with Crippen LogP contribution in [0, 0.1) is 0 Å². The zero-order valence-corrected chi connectivity index (χ0v) is 11.2. The summed E-state index contributed by atoms with van der Waals surface area (Å²) >= 11 is 0. The summed E-state index contributed by atoms with van der Waals surface area (Å²) in [6, 6.07) is 18.4. The predicted octanol–water partition coefficient (Wildman–Crippen LogP) is 2.80. The predicted molar refractivity (Wildman–Crippen MR) is 82.4 cm³/mol. The molecule has 2 aromatic carbocycles. The van der Waals surface area contributed by atoms with Crippen molar-refractivity contribution in [2.24, 2.45) is 5.84 Å². The van der Waals surface area contributed by atoms with Crippen LogP contribution in [0.3, 0.4) is 0 Å². The quantitative estimate of drug-likeness (QED) is 0.507. The van der Waals surface area contributed by atoms with Crippen LogP contribution in [0.1, 0.15) is 0 Å². The topological polar surface area (TPSA) is 84.1 Å². The molecule has 0 fully saturated rings. The second-order valence-corrected chi connectivity index (χ2v) is 4.49. The molecular formula is C16H14N4O. The molecule has 0 spiro atoms. The van der Waals surface area contributed by atoms with Gasteiger partial charge in [0.1, 0.15) is 11.6 Å². The molecule has 0 saturated carbocycles. The molecule has 1 aromatic heterocycles. The Morgan fingerprint density at radius 2 is 1.62 bits per heavy atom. The molecule has 0 atom stereocenters. The van der Waals surface area contributed by atoms with Gasteiger partial charge in [-0.3, -0.25) is 0 Å². The number of phenols is 1. The lowest BCUT2D eigenvalue weighted by atomic mass is 10.1. The molecule has 0 aliphatic carbocycles. The molecule has 5 nitrogen and oxygen atoms in total.